The van der Waals surface area contributed by atoms with E-state index in [4.69, 9.17) is 23.2 Å². The Kier molecular flexibility index (Phi) is 6.93. The zero-order valence-corrected chi connectivity index (χ0v) is 16.1. The third kappa shape index (κ3) is 4.10. The lowest BCUT2D eigenvalue weighted by Crippen LogP contribution is -2.33. The number of rotatable bonds is 2. The minimum absolute atomic E-state index is 0. The first-order valence-electron chi connectivity index (χ1n) is 7.63. The van der Waals surface area contributed by atoms with Crippen LogP contribution in [0.3, 0.4) is 0 Å². The number of nitrogens with zero attached hydrogens (tertiary/aromatic N) is 1. The molecule has 2 atom stereocenters. The second-order valence-electron chi connectivity index (χ2n) is 6.01. The summed E-state index contributed by atoms with van der Waals surface area (Å²) in [7, 11) is 0. The second-order valence-corrected chi connectivity index (χ2v) is 7.68. The van der Waals surface area contributed by atoms with Crippen LogP contribution >= 0.6 is 47.4 Å². The van der Waals surface area contributed by atoms with Crippen molar-refractivity contribution in [3.63, 3.8) is 0 Å². The van der Waals surface area contributed by atoms with Crippen LogP contribution in [0.1, 0.15) is 23.2 Å². The molecule has 0 saturated carbocycles. The van der Waals surface area contributed by atoms with E-state index < -0.39 is 0 Å². The van der Waals surface area contributed by atoms with Gasteiger partial charge in [0.15, 0.2) is 0 Å². The van der Waals surface area contributed by atoms with Crippen molar-refractivity contribution in [1.29, 1.82) is 0 Å². The predicted molar refractivity (Wildman–Crippen MR) is 100 cm³/mol. The molecule has 2 aliphatic rings. The number of carbonyl (C=O) groups is 1. The molecular formula is C16H21Cl3N2OS. The van der Waals surface area contributed by atoms with E-state index in [2.05, 4.69) is 5.32 Å². The average Bonchev–Trinajstić information content (AvgIpc) is 2.85. The summed E-state index contributed by atoms with van der Waals surface area (Å²) >= 11 is 13.9. The maximum absolute atomic E-state index is 12.8. The molecule has 2 saturated heterocycles. The Labute approximate surface area is 157 Å². The summed E-state index contributed by atoms with van der Waals surface area (Å²) in [6, 6.07) is 3.50. The standard InChI is InChI=1S/C16H20Cl2N2OS.ClH/c1-22-15-6-12(13(17)7-14(15)18)16(21)20-4-2-10-8-19-9-11(10)3-5-20;/h6-7,10-11,19H,2-5,8-9H2,1H3;1H/t10-,11+;. The second kappa shape index (κ2) is 8.30. The van der Waals surface area contributed by atoms with Crippen molar-refractivity contribution in [2.24, 2.45) is 11.8 Å². The molecule has 1 amide bonds. The predicted octanol–water partition coefficient (Wildman–Crippen LogP) is 4.21. The molecule has 2 heterocycles. The average molecular weight is 396 g/mol. The van der Waals surface area contributed by atoms with Gasteiger partial charge in [0.2, 0.25) is 0 Å². The zero-order chi connectivity index (χ0) is 15.7. The minimum atomic E-state index is 0. The van der Waals surface area contributed by atoms with Gasteiger partial charge in [0, 0.05) is 18.0 Å². The Morgan fingerprint density at radius 1 is 1.17 bits per heavy atom. The van der Waals surface area contributed by atoms with Crippen LogP contribution in [0.4, 0.5) is 0 Å². The first-order chi connectivity index (χ1) is 10.6. The normalized spacial score (nSPS) is 23.9. The van der Waals surface area contributed by atoms with Gasteiger partial charge in [0.25, 0.3) is 5.91 Å². The zero-order valence-electron chi connectivity index (χ0n) is 13.0. The number of nitrogens with one attached hydrogen (secondary N) is 1. The number of fused-ring (bicyclic) bond motifs is 1. The van der Waals surface area contributed by atoms with Gasteiger partial charge in [0.05, 0.1) is 15.6 Å². The highest BCUT2D eigenvalue weighted by molar-refractivity contribution is 7.98. The Morgan fingerprint density at radius 2 is 1.78 bits per heavy atom. The molecule has 23 heavy (non-hydrogen) atoms. The van der Waals surface area contributed by atoms with Crippen molar-refractivity contribution in [1.82, 2.24) is 10.2 Å². The van der Waals surface area contributed by atoms with Crippen LogP contribution in [0, 0.1) is 11.8 Å². The molecule has 0 spiro atoms. The highest BCUT2D eigenvalue weighted by Gasteiger charge is 2.32. The van der Waals surface area contributed by atoms with Crippen LogP contribution in [0.25, 0.3) is 0 Å². The Balaban J connectivity index is 0.00000192. The van der Waals surface area contributed by atoms with E-state index in [-0.39, 0.29) is 18.3 Å². The molecular weight excluding hydrogens is 375 g/mol. The first-order valence-corrected chi connectivity index (χ1v) is 9.61. The fourth-order valence-corrected chi connectivity index (χ4v) is 4.63. The molecule has 0 aliphatic carbocycles. The molecule has 0 unspecified atom stereocenters. The molecule has 2 aliphatic heterocycles. The Morgan fingerprint density at radius 3 is 2.35 bits per heavy atom. The molecule has 7 heteroatoms. The third-order valence-corrected chi connectivity index (χ3v) is 6.29. The molecule has 128 valence electrons. The number of halogens is 3. The minimum Gasteiger partial charge on any atom is -0.339 e. The fraction of sp³-hybridized carbons (Fsp3) is 0.562. The van der Waals surface area contributed by atoms with Gasteiger partial charge >= 0.3 is 0 Å². The lowest BCUT2D eigenvalue weighted by molar-refractivity contribution is 0.0758. The maximum atomic E-state index is 12.8. The highest BCUT2D eigenvalue weighted by Crippen LogP contribution is 2.33. The molecule has 0 aromatic heterocycles. The SMILES string of the molecule is CSc1cc(C(=O)N2CC[C@@H]3CNC[C@@H]3CC2)c(Cl)cc1Cl.Cl. The maximum Gasteiger partial charge on any atom is 0.255 e. The van der Waals surface area contributed by atoms with E-state index in [0.717, 1.165) is 43.9 Å². The number of benzene rings is 1. The topological polar surface area (TPSA) is 32.3 Å². The number of likely N-dealkylation sites (tertiary alicyclic amines) is 1. The monoisotopic (exact) mass is 394 g/mol. The molecule has 1 aromatic rings. The summed E-state index contributed by atoms with van der Waals surface area (Å²) in [6.07, 6.45) is 4.09. The van der Waals surface area contributed by atoms with Crippen LogP contribution in [-0.2, 0) is 0 Å². The number of amides is 1. The molecule has 0 radical (unpaired) electrons. The molecule has 3 nitrogen and oxygen atoms in total. The summed E-state index contributed by atoms with van der Waals surface area (Å²) in [4.78, 5) is 15.7. The van der Waals surface area contributed by atoms with Crippen molar-refractivity contribution in [3.05, 3.63) is 27.7 Å². The van der Waals surface area contributed by atoms with Gasteiger partial charge in [-0.3, -0.25) is 4.79 Å². The van der Waals surface area contributed by atoms with Crippen molar-refractivity contribution in [3.8, 4) is 0 Å². The number of hydrogen-bond acceptors (Lipinski definition) is 3. The van der Waals surface area contributed by atoms with Crippen molar-refractivity contribution in [2.75, 3.05) is 32.4 Å². The summed E-state index contributed by atoms with van der Waals surface area (Å²) in [5.41, 5.74) is 0.570. The lowest BCUT2D eigenvalue weighted by Gasteiger charge is -2.22. The Hall–Kier alpha value is -0.130. The Bertz CT molecular complexity index is 571. The van der Waals surface area contributed by atoms with Gasteiger partial charge in [-0.25, -0.2) is 0 Å². The summed E-state index contributed by atoms with van der Waals surface area (Å²) < 4.78 is 0. The van der Waals surface area contributed by atoms with Crippen LogP contribution in [0.5, 0.6) is 0 Å². The first kappa shape index (κ1) is 19.2. The van der Waals surface area contributed by atoms with Gasteiger partial charge in [0.1, 0.15) is 0 Å². The van der Waals surface area contributed by atoms with E-state index in [1.165, 1.54) is 11.8 Å². The van der Waals surface area contributed by atoms with Crippen molar-refractivity contribution < 1.29 is 4.79 Å². The van der Waals surface area contributed by atoms with E-state index in [1.54, 1.807) is 6.07 Å². The smallest absolute Gasteiger partial charge is 0.255 e. The third-order valence-electron chi connectivity index (χ3n) is 4.78. The fourth-order valence-electron chi connectivity index (χ4n) is 3.44. The number of hydrogen-bond donors (Lipinski definition) is 1. The van der Waals surface area contributed by atoms with E-state index >= 15 is 0 Å². The summed E-state index contributed by atoms with van der Waals surface area (Å²) in [5, 5.41) is 4.50. The van der Waals surface area contributed by atoms with Gasteiger partial charge in [-0.2, -0.15) is 0 Å². The van der Waals surface area contributed by atoms with Gasteiger partial charge in [-0.15, -0.1) is 24.2 Å². The largest absolute Gasteiger partial charge is 0.339 e. The van der Waals surface area contributed by atoms with E-state index in [9.17, 15) is 4.79 Å². The van der Waals surface area contributed by atoms with Crippen LogP contribution in [0.15, 0.2) is 17.0 Å². The van der Waals surface area contributed by atoms with Crippen molar-refractivity contribution in [2.45, 2.75) is 17.7 Å². The van der Waals surface area contributed by atoms with Gasteiger partial charge in [-0.1, -0.05) is 23.2 Å². The van der Waals surface area contributed by atoms with Crippen LogP contribution < -0.4 is 5.32 Å². The van der Waals surface area contributed by atoms with E-state index in [1.807, 2.05) is 17.2 Å². The van der Waals surface area contributed by atoms with Gasteiger partial charge in [-0.05, 0) is 56.2 Å². The molecule has 1 aromatic carbocycles. The molecule has 1 N–H and O–H groups in total. The van der Waals surface area contributed by atoms with E-state index in [0.29, 0.717) is 27.4 Å². The molecule has 3 rings (SSSR count). The summed E-state index contributed by atoms with van der Waals surface area (Å²) in [5.74, 6) is 1.45. The quantitative estimate of drug-likeness (QED) is 0.761. The van der Waals surface area contributed by atoms with Crippen molar-refractivity contribution >= 4 is 53.3 Å². The highest BCUT2D eigenvalue weighted by atomic mass is 35.5. The molecule has 0 bridgehead atoms. The number of thioether (sulfide) groups is 1. The van der Waals surface area contributed by atoms with Crippen LogP contribution in [0.2, 0.25) is 10.0 Å². The van der Waals surface area contributed by atoms with Gasteiger partial charge < -0.3 is 10.2 Å². The molecule has 2 fully saturated rings. The lowest BCUT2D eigenvalue weighted by atomic mass is 9.92. The summed E-state index contributed by atoms with van der Waals surface area (Å²) in [6.45, 7) is 3.81. The van der Waals surface area contributed by atoms with Crippen LogP contribution in [-0.4, -0.2) is 43.2 Å². The number of carbonyl (C=O) groups excluding carboxylic acids is 1.